The van der Waals surface area contributed by atoms with Gasteiger partial charge in [-0.1, -0.05) is 23.8 Å². The Morgan fingerprint density at radius 1 is 1.22 bits per heavy atom. The molecule has 0 atom stereocenters. The molecule has 1 heterocycles. The Hall–Kier alpha value is -1.90. The highest BCUT2D eigenvalue weighted by atomic mass is 16.1. The van der Waals surface area contributed by atoms with Gasteiger partial charge in [0.25, 0.3) is 5.56 Å². The second-order valence-corrected chi connectivity index (χ2v) is 4.94. The zero-order valence-electron chi connectivity index (χ0n) is 10.5. The molecule has 3 nitrogen and oxygen atoms in total. The fourth-order valence-corrected chi connectivity index (χ4v) is 2.69. The Kier molecular flexibility index (Phi) is 2.74. The van der Waals surface area contributed by atoms with Crippen molar-refractivity contribution in [1.29, 1.82) is 0 Å². The Morgan fingerprint density at radius 2 is 2.00 bits per heavy atom. The molecule has 0 fully saturated rings. The van der Waals surface area contributed by atoms with Crippen molar-refractivity contribution in [2.24, 2.45) is 0 Å². The van der Waals surface area contributed by atoms with Crippen LogP contribution in [0, 0.1) is 6.92 Å². The summed E-state index contributed by atoms with van der Waals surface area (Å²) in [5.41, 5.74) is 5.34. The van der Waals surface area contributed by atoms with Crippen molar-refractivity contribution in [3.05, 3.63) is 51.3 Å². The van der Waals surface area contributed by atoms with E-state index >= 15 is 0 Å². The summed E-state index contributed by atoms with van der Waals surface area (Å²) in [6.45, 7) is 2.07. The Morgan fingerprint density at radius 3 is 2.78 bits per heavy atom. The molecule has 0 aliphatic heterocycles. The molecule has 0 amide bonds. The van der Waals surface area contributed by atoms with Gasteiger partial charge in [-0.2, -0.15) is 5.10 Å². The highest BCUT2D eigenvalue weighted by Gasteiger charge is 2.18. The van der Waals surface area contributed by atoms with E-state index in [1.54, 1.807) is 0 Å². The van der Waals surface area contributed by atoms with Crippen molar-refractivity contribution in [3.63, 3.8) is 0 Å². The predicted octanol–water partition coefficient (Wildman–Crippen LogP) is 2.87. The number of benzene rings is 1. The summed E-state index contributed by atoms with van der Waals surface area (Å²) in [5.74, 6) is 0. The summed E-state index contributed by atoms with van der Waals surface area (Å²) in [6, 6.07) is 8.28. The van der Waals surface area contributed by atoms with Crippen LogP contribution in [0.3, 0.4) is 0 Å². The van der Waals surface area contributed by atoms with E-state index in [1.165, 1.54) is 5.56 Å². The number of nitrogens with zero attached hydrogens (tertiary/aromatic N) is 1. The maximum absolute atomic E-state index is 11.8. The molecule has 1 aliphatic rings. The van der Waals surface area contributed by atoms with E-state index in [9.17, 15) is 4.79 Å². The van der Waals surface area contributed by atoms with Crippen LogP contribution in [-0.2, 0) is 12.8 Å². The summed E-state index contributed by atoms with van der Waals surface area (Å²) in [7, 11) is 0. The van der Waals surface area contributed by atoms with Crippen molar-refractivity contribution >= 4 is 0 Å². The van der Waals surface area contributed by atoms with Crippen LogP contribution in [0.15, 0.2) is 29.1 Å². The molecule has 1 aromatic heterocycles. The van der Waals surface area contributed by atoms with Gasteiger partial charge >= 0.3 is 0 Å². The minimum absolute atomic E-state index is 0. The second-order valence-electron chi connectivity index (χ2n) is 4.94. The Labute approximate surface area is 107 Å². The molecule has 0 radical (unpaired) electrons. The third-order valence-electron chi connectivity index (χ3n) is 3.59. The van der Waals surface area contributed by atoms with Crippen molar-refractivity contribution in [2.45, 2.75) is 32.6 Å². The van der Waals surface area contributed by atoms with Gasteiger partial charge in [-0.15, -0.1) is 0 Å². The van der Waals surface area contributed by atoms with Gasteiger partial charge in [0.2, 0.25) is 0 Å². The van der Waals surface area contributed by atoms with Gasteiger partial charge in [0.15, 0.2) is 0 Å². The number of aromatic nitrogens is 2. The maximum Gasteiger partial charge on any atom is 0.267 e. The lowest BCUT2D eigenvalue weighted by atomic mass is 9.89. The molecule has 0 spiro atoms. The van der Waals surface area contributed by atoms with Gasteiger partial charge in [-0.3, -0.25) is 4.79 Å². The molecule has 1 N–H and O–H groups in total. The molecule has 18 heavy (non-hydrogen) atoms. The van der Waals surface area contributed by atoms with E-state index in [2.05, 4.69) is 35.3 Å². The van der Waals surface area contributed by atoms with E-state index in [0.29, 0.717) is 0 Å². The number of hydrogen-bond donors (Lipinski definition) is 1. The number of hydrogen-bond acceptors (Lipinski definition) is 2. The van der Waals surface area contributed by atoms with Gasteiger partial charge in [0.1, 0.15) is 0 Å². The van der Waals surface area contributed by atoms with Gasteiger partial charge in [0.05, 0.1) is 5.69 Å². The van der Waals surface area contributed by atoms with Crippen molar-refractivity contribution < 1.29 is 1.43 Å². The van der Waals surface area contributed by atoms with Crippen LogP contribution in [0.4, 0.5) is 0 Å². The molecule has 94 valence electrons. The number of aromatic amines is 1. The highest BCUT2D eigenvalue weighted by molar-refractivity contribution is 5.64. The highest BCUT2D eigenvalue weighted by Crippen LogP contribution is 2.27. The molecule has 0 unspecified atom stereocenters. The van der Waals surface area contributed by atoms with Gasteiger partial charge in [0, 0.05) is 12.6 Å². The van der Waals surface area contributed by atoms with Crippen LogP contribution in [0.5, 0.6) is 0 Å². The third-order valence-corrected chi connectivity index (χ3v) is 3.59. The minimum atomic E-state index is -0.0129. The molecule has 3 rings (SSSR count). The normalized spacial score (nSPS) is 14.3. The summed E-state index contributed by atoms with van der Waals surface area (Å²) in [4.78, 5) is 11.8. The largest absolute Gasteiger partial charge is 0.268 e. The topological polar surface area (TPSA) is 45.8 Å². The molecule has 0 saturated heterocycles. The predicted molar refractivity (Wildman–Crippen MR) is 73.8 cm³/mol. The number of aryl methyl sites for hydroxylation is 1. The quantitative estimate of drug-likeness (QED) is 0.835. The van der Waals surface area contributed by atoms with Crippen molar-refractivity contribution in [3.8, 4) is 11.3 Å². The lowest BCUT2D eigenvalue weighted by Gasteiger charge is -2.17. The van der Waals surface area contributed by atoms with E-state index in [-0.39, 0.29) is 6.99 Å². The third kappa shape index (κ3) is 1.86. The van der Waals surface area contributed by atoms with E-state index in [1.807, 2.05) is 6.07 Å². The molecular formula is C15H18N2O. The first-order chi connectivity index (χ1) is 8.75. The maximum atomic E-state index is 11.8. The lowest BCUT2D eigenvalue weighted by Crippen LogP contribution is -2.21. The van der Waals surface area contributed by atoms with Crippen LogP contribution >= 0.6 is 0 Å². The lowest BCUT2D eigenvalue weighted by molar-refractivity contribution is 0.669. The minimum Gasteiger partial charge on any atom is -0.268 e. The summed E-state index contributed by atoms with van der Waals surface area (Å²) < 4.78 is 0. The standard InChI is InChI=1S/C15H16N2O.H2/c1-10-5-4-6-11(9-10)14-12-7-2-3-8-13(12)15(18)17-16-14;/h4-6,9H,2-3,7-8H2,1H3,(H,17,18);1H. The summed E-state index contributed by atoms with van der Waals surface area (Å²) in [6.07, 6.45) is 4.10. The monoisotopic (exact) mass is 242 g/mol. The smallest absolute Gasteiger partial charge is 0.267 e. The van der Waals surface area contributed by atoms with Gasteiger partial charge < -0.3 is 0 Å². The zero-order valence-corrected chi connectivity index (χ0v) is 10.5. The van der Waals surface area contributed by atoms with E-state index in [4.69, 9.17) is 0 Å². The van der Waals surface area contributed by atoms with Crippen molar-refractivity contribution in [2.75, 3.05) is 0 Å². The van der Waals surface area contributed by atoms with E-state index < -0.39 is 0 Å². The van der Waals surface area contributed by atoms with Crippen LogP contribution < -0.4 is 5.56 Å². The first-order valence-corrected chi connectivity index (χ1v) is 6.43. The number of nitrogens with one attached hydrogen (secondary N) is 1. The first-order valence-electron chi connectivity index (χ1n) is 6.43. The first kappa shape index (κ1) is 11.2. The van der Waals surface area contributed by atoms with Gasteiger partial charge in [-0.05, 0) is 44.2 Å². The molecule has 1 aromatic carbocycles. The molecule has 0 bridgehead atoms. The summed E-state index contributed by atoms with van der Waals surface area (Å²) >= 11 is 0. The molecule has 3 heteroatoms. The molecular weight excluding hydrogens is 224 g/mol. The van der Waals surface area contributed by atoms with Crippen LogP contribution in [0.25, 0.3) is 11.3 Å². The average Bonchev–Trinajstić information content (AvgIpc) is 2.39. The molecule has 1 aliphatic carbocycles. The zero-order chi connectivity index (χ0) is 12.5. The average molecular weight is 242 g/mol. The number of H-pyrrole nitrogens is 1. The van der Waals surface area contributed by atoms with E-state index in [0.717, 1.165) is 48.1 Å². The van der Waals surface area contributed by atoms with Gasteiger partial charge in [-0.25, -0.2) is 5.10 Å². The molecule has 0 saturated carbocycles. The Bertz CT molecular complexity index is 649. The van der Waals surface area contributed by atoms with Crippen LogP contribution in [0.1, 0.15) is 31.0 Å². The molecule has 2 aromatic rings. The Balaban J connectivity index is 0.00000133. The number of fused-ring (bicyclic) bond motifs is 1. The summed E-state index contributed by atoms with van der Waals surface area (Å²) in [5, 5.41) is 6.91. The fraction of sp³-hybridized carbons (Fsp3) is 0.333. The van der Waals surface area contributed by atoms with Crippen LogP contribution in [0.2, 0.25) is 0 Å². The number of rotatable bonds is 1. The van der Waals surface area contributed by atoms with Crippen LogP contribution in [-0.4, -0.2) is 10.2 Å². The van der Waals surface area contributed by atoms with Crippen molar-refractivity contribution in [1.82, 2.24) is 10.2 Å². The fourth-order valence-electron chi connectivity index (χ4n) is 2.69. The second kappa shape index (κ2) is 4.41. The SMILES string of the molecule is Cc1cccc(-c2n[nH]c(=O)c3c2CCCC3)c1.[HH].